The molecule has 0 amide bonds. The van der Waals surface area contributed by atoms with Gasteiger partial charge in [0.15, 0.2) is 0 Å². The Labute approximate surface area is 176 Å². The van der Waals surface area contributed by atoms with Gasteiger partial charge in [0.25, 0.3) is 0 Å². The lowest BCUT2D eigenvalue weighted by atomic mass is 9.91. The Morgan fingerprint density at radius 1 is 0.733 bits per heavy atom. The van der Waals surface area contributed by atoms with Crippen molar-refractivity contribution in [2.24, 2.45) is 0 Å². The van der Waals surface area contributed by atoms with Crippen LogP contribution in [0.2, 0.25) is 0 Å². The summed E-state index contributed by atoms with van der Waals surface area (Å²) in [6.45, 7) is 4.14. The van der Waals surface area contributed by atoms with Gasteiger partial charge in [0.05, 0.1) is 5.69 Å². The number of carbonyl (C=O) groups is 1. The molecule has 1 heterocycles. The minimum Gasteiger partial charge on any atom is -0.405 e. The van der Waals surface area contributed by atoms with Crippen LogP contribution in [0.3, 0.4) is 0 Å². The van der Waals surface area contributed by atoms with Crippen LogP contribution in [0.4, 0.5) is 0 Å². The van der Waals surface area contributed by atoms with Crippen molar-refractivity contribution in [3.05, 3.63) is 113 Å². The van der Waals surface area contributed by atoms with E-state index in [9.17, 15) is 4.79 Å². The number of carbonyl (C=O) groups excluding carboxylic acids is 1. The zero-order valence-electron chi connectivity index (χ0n) is 16.9. The maximum absolute atomic E-state index is 13.1. The highest BCUT2D eigenvalue weighted by atomic mass is 16.5. The van der Waals surface area contributed by atoms with Crippen LogP contribution in [-0.4, -0.2) is 16.2 Å². The Balaban J connectivity index is 1.57. The van der Waals surface area contributed by atoms with Crippen LogP contribution in [0.15, 0.2) is 91.0 Å². The van der Waals surface area contributed by atoms with Gasteiger partial charge in [0.1, 0.15) is 5.92 Å². The smallest absolute Gasteiger partial charge is 0.324 e. The highest BCUT2D eigenvalue weighted by molar-refractivity contribution is 5.83. The minimum absolute atomic E-state index is 0.185. The average Bonchev–Trinajstić information content (AvgIpc) is 2.78. The van der Waals surface area contributed by atoms with E-state index in [1.807, 2.05) is 72.8 Å². The van der Waals surface area contributed by atoms with E-state index in [1.54, 1.807) is 6.07 Å². The summed E-state index contributed by atoms with van der Waals surface area (Å²) >= 11 is 0. The highest BCUT2D eigenvalue weighted by Gasteiger charge is 2.25. The molecule has 1 aromatic heterocycles. The molecule has 0 saturated carbocycles. The van der Waals surface area contributed by atoms with Crippen LogP contribution in [0, 0.1) is 13.8 Å². The molecule has 4 nitrogen and oxygen atoms in total. The van der Waals surface area contributed by atoms with Crippen molar-refractivity contribution < 1.29 is 9.53 Å². The fourth-order valence-corrected chi connectivity index (χ4v) is 3.35. The van der Waals surface area contributed by atoms with Crippen molar-refractivity contribution in [3.63, 3.8) is 0 Å². The van der Waals surface area contributed by atoms with Crippen LogP contribution in [-0.2, 0) is 4.79 Å². The van der Waals surface area contributed by atoms with E-state index in [0.29, 0.717) is 0 Å². The summed E-state index contributed by atoms with van der Waals surface area (Å²) in [7, 11) is 0. The molecule has 0 aliphatic rings. The summed E-state index contributed by atoms with van der Waals surface area (Å²) in [5.74, 6) is -0.737. The summed E-state index contributed by atoms with van der Waals surface area (Å²) in [6, 6.07) is 28.8. The van der Waals surface area contributed by atoms with Gasteiger partial charge in [-0.3, -0.25) is 4.79 Å². The molecular weight excluding hydrogens is 372 g/mol. The second-order valence-corrected chi connectivity index (χ2v) is 7.23. The van der Waals surface area contributed by atoms with Crippen molar-refractivity contribution in [2.75, 3.05) is 0 Å². The summed E-state index contributed by atoms with van der Waals surface area (Å²) in [5.41, 5.74) is 5.88. The van der Waals surface area contributed by atoms with Crippen LogP contribution in [0.5, 0.6) is 5.88 Å². The maximum Gasteiger partial charge on any atom is 0.324 e. The number of aromatic nitrogens is 2. The molecule has 0 N–H and O–H groups in total. The van der Waals surface area contributed by atoms with Crippen molar-refractivity contribution in [3.8, 4) is 17.1 Å². The van der Waals surface area contributed by atoms with Crippen molar-refractivity contribution in [1.29, 1.82) is 0 Å². The maximum atomic E-state index is 13.1. The highest BCUT2D eigenvalue weighted by Crippen LogP contribution is 2.27. The number of aryl methyl sites for hydroxylation is 2. The topological polar surface area (TPSA) is 52.1 Å². The van der Waals surface area contributed by atoms with E-state index in [2.05, 4.69) is 36.2 Å². The first-order valence-corrected chi connectivity index (χ1v) is 9.85. The lowest BCUT2D eigenvalue weighted by molar-refractivity contribution is -0.135. The zero-order chi connectivity index (χ0) is 20.9. The fraction of sp³-hybridized carbons (Fsp3) is 0.115. The molecule has 0 fully saturated rings. The SMILES string of the molecule is Cc1ccc(-c2ccc(OC(=O)C(c3ccccc3)c3ccccc3)nn2)cc1C. The van der Waals surface area contributed by atoms with E-state index in [4.69, 9.17) is 4.74 Å². The third-order valence-corrected chi connectivity index (χ3v) is 5.15. The fourth-order valence-electron chi connectivity index (χ4n) is 3.35. The van der Waals surface area contributed by atoms with Crippen LogP contribution in [0.1, 0.15) is 28.2 Å². The van der Waals surface area contributed by atoms with Gasteiger partial charge in [-0.1, -0.05) is 72.8 Å². The Morgan fingerprint density at radius 2 is 1.37 bits per heavy atom. The molecule has 0 saturated heterocycles. The van der Waals surface area contributed by atoms with Gasteiger partial charge >= 0.3 is 5.97 Å². The molecule has 0 aliphatic heterocycles. The Morgan fingerprint density at radius 3 is 1.90 bits per heavy atom. The number of benzene rings is 3. The molecule has 30 heavy (non-hydrogen) atoms. The molecule has 0 atom stereocenters. The van der Waals surface area contributed by atoms with E-state index in [0.717, 1.165) is 22.4 Å². The minimum atomic E-state index is -0.534. The Bertz CT molecular complexity index is 1100. The van der Waals surface area contributed by atoms with Crippen LogP contribution in [0.25, 0.3) is 11.3 Å². The number of hydrogen-bond acceptors (Lipinski definition) is 4. The second kappa shape index (κ2) is 8.70. The molecule has 148 valence electrons. The van der Waals surface area contributed by atoms with Crippen molar-refractivity contribution in [1.82, 2.24) is 10.2 Å². The zero-order valence-corrected chi connectivity index (χ0v) is 16.9. The molecule has 0 unspecified atom stereocenters. The Hall–Kier alpha value is -3.79. The molecular formula is C26H22N2O2. The van der Waals surface area contributed by atoms with Gasteiger partial charge in [-0.15, -0.1) is 10.2 Å². The normalized spacial score (nSPS) is 10.8. The van der Waals surface area contributed by atoms with Gasteiger partial charge < -0.3 is 4.74 Å². The number of nitrogens with zero attached hydrogens (tertiary/aromatic N) is 2. The number of hydrogen-bond donors (Lipinski definition) is 0. The monoisotopic (exact) mass is 394 g/mol. The molecule has 4 rings (SSSR count). The summed E-state index contributed by atoms with van der Waals surface area (Å²) < 4.78 is 5.61. The van der Waals surface area contributed by atoms with Gasteiger partial charge in [-0.2, -0.15) is 0 Å². The number of esters is 1. The molecule has 0 bridgehead atoms. The summed E-state index contributed by atoms with van der Waals surface area (Å²) in [4.78, 5) is 13.1. The summed E-state index contributed by atoms with van der Waals surface area (Å²) in [5, 5.41) is 8.37. The van der Waals surface area contributed by atoms with Gasteiger partial charge in [-0.05, 0) is 48.2 Å². The molecule has 4 aromatic rings. The predicted molar refractivity (Wildman–Crippen MR) is 117 cm³/mol. The number of rotatable bonds is 5. The van der Waals surface area contributed by atoms with E-state index < -0.39 is 5.92 Å². The Kier molecular flexibility index (Phi) is 5.66. The quantitative estimate of drug-likeness (QED) is 0.420. The van der Waals surface area contributed by atoms with Gasteiger partial charge in [0.2, 0.25) is 5.88 Å². The first-order valence-electron chi connectivity index (χ1n) is 9.85. The van der Waals surface area contributed by atoms with Crippen molar-refractivity contribution in [2.45, 2.75) is 19.8 Å². The lowest BCUT2D eigenvalue weighted by Crippen LogP contribution is -2.20. The average molecular weight is 394 g/mol. The third-order valence-electron chi connectivity index (χ3n) is 5.15. The van der Waals surface area contributed by atoms with E-state index in [1.165, 1.54) is 11.1 Å². The lowest BCUT2D eigenvalue weighted by Gasteiger charge is -2.16. The van der Waals surface area contributed by atoms with E-state index in [-0.39, 0.29) is 11.8 Å². The second-order valence-electron chi connectivity index (χ2n) is 7.23. The van der Waals surface area contributed by atoms with E-state index >= 15 is 0 Å². The largest absolute Gasteiger partial charge is 0.405 e. The number of ether oxygens (including phenoxy) is 1. The first-order chi connectivity index (χ1) is 14.6. The first kappa shape index (κ1) is 19.5. The molecule has 4 heteroatoms. The molecule has 0 radical (unpaired) electrons. The van der Waals surface area contributed by atoms with Crippen LogP contribution >= 0.6 is 0 Å². The molecule has 0 spiro atoms. The molecule has 3 aromatic carbocycles. The predicted octanol–water partition coefficient (Wildman–Crippen LogP) is 5.50. The van der Waals surface area contributed by atoms with Gasteiger partial charge in [0, 0.05) is 11.6 Å². The molecule has 0 aliphatic carbocycles. The van der Waals surface area contributed by atoms with Crippen LogP contribution < -0.4 is 4.74 Å². The third kappa shape index (κ3) is 4.28. The summed E-state index contributed by atoms with van der Waals surface area (Å²) in [6.07, 6.45) is 0. The standard InChI is InChI=1S/C26H22N2O2/c1-18-13-14-22(17-19(18)2)23-15-16-24(28-27-23)30-26(29)25(20-9-5-3-6-10-20)21-11-7-4-8-12-21/h3-17,25H,1-2H3. The van der Waals surface area contributed by atoms with Crippen molar-refractivity contribution >= 4 is 5.97 Å². The van der Waals surface area contributed by atoms with Gasteiger partial charge in [-0.25, -0.2) is 0 Å².